The van der Waals surface area contributed by atoms with Crippen molar-refractivity contribution >= 4 is 27.7 Å². The molecule has 1 aromatic rings. The highest BCUT2D eigenvalue weighted by atomic mass is 79.9. The maximum Gasteiger partial charge on any atom is 0.254 e. The van der Waals surface area contributed by atoms with E-state index in [1.807, 2.05) is 25.1 Å². The van der Waals surface area contributed by atoms with Crippen LogP contribution in [0.1, 0.15) is 28.8 Å². The summed E-state index contributed by atoms with van der Waals surface area (Å²) in [7, 11) is 0. The normalized spacial score (nSPS) is 18.1. The molecule has 120 valence electrons. The fourth-order valence-electron chi connectivity index (χ4n) is 2.71. The van der Waals surface area contributed by atoms with Gasteiger partial charge in [-0.3, -0.25) is 9.59 Å². The molecule has 1 aliphatic heterocycles. The summed E-state index contributed by atoms with van der Waals surface area (Å²) in [6.07, 6.45) is 1.66. The van der Waals surface area contributed by atoms with Crippen LogP contribution in [0.5, 0.6) is 0 Å². The van der Waals surface area contributed by atoms with E-state index in [-0.39, 0.29) is 17.7 Å². The number of nitrogens with zero attached hydrogens (tertiary/aromatic N) is 1. The van der Waals surface area contributed by atoms with Gasteiger partial charge in [0.1, 0.15) is 0 Å². The fraction of sp³-hybridized carbons (Fsp3) is 0.500. The number of amides is 2. The Balaban J connectivity index is 2.07. The first-order valence-corrected chi connectivity index (χ1v) is 8.35. The first-order valence-electron chi connectivity index (χ1n) is 7.56. The molecule has 0 bridgehead atoms. The summed E-state index contributed by atoms with van der Waals surface area (Å²) in [5.41, 5.74) is 7.04. The van der Waals surface area contributed by atoms with E-state index in [0.717, 1.165) is 22.9 Å². The number of benzene rings is 1. The van der Waals surface area contributed by atoms with Crippen LogP contribution in [-0.4, -0.2) is 42.9 Å². The molecule has 2 amide bonds. The number of hydrogen-bond acceptors (Lipinski definition) is 3. The molecule has 0 radical (unpaired) electrons. The van der Waals surface area contributed by atoms with Crippen molar-refractivity contribution in [2.75, 3.05) is 26.2 Å². The zero-order chi connectivity index (χ0) is 16.1. The summed E-state index contributed by atoms with van der Waals surface area (Å²) < 4.78 is 0.885. The molecule has 1 atom stereocenters. The number of halogens is 1. The fourth-order valence-corrected chi connectivity index (χ4v) is 3.07. The van der Waals surface area contributed by atoms with E-state index in [1.165, 1.54) is 0 Å². The number of aryl methyl sites for hydroxylation is 1. The van der Waals surface area contributed by atoms with Gasteiger partial charge in [0.15, 0.2) is 0 Å². The van der Waals surface area contributed by atoms with Crippen molar-refractivity contribution in [3.05, 3.63) is 33.8 Å². The molecule has 1 heterocycles. The third-order valence-corrected chi connectivity index (χ3v) is 4.45. The average molecular weight is 368 g/mol. The molecule has 1 fully saturated rings. The molecule has 1 aromatic carbocycles. The monoisotopic (exact) mass is 367 g/mol. The molecule has 3 N–H and O–H groups in total. The third kappa shape index (κ3) is 4.08. The molecule has 1 unspecified atom stereocenters. The Bertz CT molecular complexity index is 562. The number of piperidine rings is 1. The molecule has 1 aliphatic rings. The number of likely N-dealkylation sites (tertiary alicyclic amines) is 1. The summed E-state index contributed by atoms with van der Waals surface area (Å²) >= 11 is 3.41. The molecule has 0 spiro atoms. The van der Waals surface area contributed by atoms with E-state index < -0.39 is 0 Å². The van der Waals surface area contributed by atoms with Gasteiger partial charge in [0.2, 0.25) is 5.91 Å². The van der Waals surface area contributed by atoms with Gasteiger partial charge in [-0.1, -0.05) is 22.0 Å². The van der Waals surface area contributed by atoms with Crippen molar-refractivity contribution in [2.45, 2.75) is 19.8 Å². The maximum absolute atomic E-state index is 12.7. The van der Waals surface area contributed by atoms with Gasteiger partial charge in [-0.15, -0.1) is 0 Å². The Kier molecular flexibility index (Phi) is 5.97. The lowest BCUT2D eigenvalue weighted by Gasteiger charge is -2.32. The Morgan fingerprint density at radius 1 is 1.45 bits per heavy atom. The second-order valence-electron chi connectivity index (χ2n) is 5.63. The standard InChI is InChI=1S/C16H22BrN3O2/c1-11-4-5-13(17)9-14(11)16(22)20-8-2-3-12(10-20)15(21)19-7-6-18/h4-5,9,12H,2-3,6-8,10,18H2,1H3,(H,19,21). The van der Waals surface area contributed by atoms with Crippen LogP contribution in [-0.2, 0) is 4.79 Å². The lowest BCUT2D eigenvalue weighted by atomic mass is 9.96. The Morgan fingerprint density at radius 3 is 2.95 bits per heavy atom. The zero-order valence-electron chi connectivity index (χ0n) is 12.8. The van der Waals surface area contributed by atoms with Gasteiger partial charge < -0.3 is 16.0 Å². The van der Waals surface area contributed by atoms with Crippen LogP contribution in [0.15, 0.2) is 22.7 Å². The number of rotatable bonds is 4. The van der Waals surface area contributed by atoms with Crippen molar-refractivity contribution in [3.63, 3.8) is 0 Å². The third-order valence-electron chi connectivity index (χ3n) is 3.95. The smallest absolute Gasteiger partial charge is 0.254 e. The number of hydrogen-bond donors (Lipinski definition) is 2. The molecular weight excluding hydrogens is 346 g/mol. The van der Waals surface area contributed by atoms with Gasteiger partial charge in [0.25, 0.3) is 5.91 Å². The SMILES string of the molecule is Cc1ccc(Br)cc1C(=O)N1CCCC(C(=O)NCCN)C1. The summed E-state index contributed by atoms with van der Waals surface area (Å²) in [4.78, 5) is 26.6. The van der Waals surface area contributed by atoms with Crippen LogP contribution in [0, 0.1) is 12.8 Å². The van der Waals surface area contributed by atoms with Gasteiger partial charge in [-0.25, -0.2) is 0 Å². The lowest BCUT2D eigenvalue weighted by molar-refractivity contribution is -0.126. The topological polar surface area (TPSA) is 75.4 Å². The van der Waals surface area contributed by atoms with E-state index in [9.17, 15) is 9.59 Å². The Morgan fingerprint density at radius 2 is 2.23 bits per heavy atom. The highest BCUT2D eigenvalue weighted by Crippen LogP contribution is 2.22. The summed E-state index contributed by atoms with van der Waals surface area (Å²) in [6, 6.07) is 5.69. The van der Waals surface area contributed by atoms with Crippen molar-refractivity contribution in [2.24, 2.45) is 11.7 Å². The number of nitrogens with two attached hydrogens (primary N) is 1. The van der Waals surface area contributed by atoms with Crippen LogP contribution in [0.25, 0.3) is 0 Å². The molecule has 1 saturated heterocycles. The first kappa shape index (κ1) is 17.0. The van der Waals surface area contributed by atoms with E-state index in [0.29, 0.717) is 31.7 Å². The molecule has 22 heavy (non-hydrogen) atoms. The zero-order valence-corrected chi connectivity index (χ0v) is 14.4. The van der Waals surface area contributed by atoms with E-state index in [4.69, 9.17) is 5.73 Å². The van der Waals surface area contributed by atoms with Crippen LogP contribution in [0.3, 0.4) is 0 Å². The van der Waals surface area contributed by atoms with Crippen molar-refractivity contribution in [3.8, 4) is 0 Å². The van der Waals surface area contributed by atoms with Crippen LogP contribution < -0.4 is 11.1 Å². The van der Waals surface area contributed by atoms with Gasteiger partial charge in [0.05, 0.1) is 5.92 Å². The molecule has 0 aromatic heterocycles. The van der Waals surface area contributed by atoms with Gasteiger partial charge in [-0.2, -0.15) is 0 Å². The van der Waals surface area contributed by atoms with E-state index in [2.05, 4.69) is 21.2 Å². The number of carbonyl (C=O) groups excluding carboxylic acids is 2. The highest BCUT2D eigenvalue weighted by molar-refractivity contribution is 9.10. The van der Waals surface area contributed by atoms with E-state index >= 15 is 0 Å². The second kappa shape index (κ2) is 7.74. The molecule has 0 saturated carbocycles. The number of carbonyl (C=O) groups is 2. The summed E-state index contributed by atoms with van der Waals surface area (Å²) in [5.74, 6) is -0.152. The largest absolute Gasteiger partial charge is 0.355 e. The second-order valence-corrected chi connectivity index (χ2v) is 6.54. The lowest BCUT2D eigenvalue weighted by Crippen LogP contribution is -2.46. The molecule has 6 heteroatoms. The number of nitrogens with one attached hydrogen (secondary N) is 1. The van der Waals surface area contributed by atoms with Crippen LogP contribution >= 0.6 is 15.9 Å². The Labute approximate surface area is 139 Å². The predicted molar refractivity (Wildman–Crippen MR) is 89.6 cm³/mol. The predicted octanol–water partition coefficient (Wildman–Crippen LogP) is 1.68. The van der Waals surface area contributed by atoms with Gasteiger partial charge in [-0.05, 0) is 37.5 Å². The highest BCUT2D eigenvalue weighted by Gasteiger charge is 2.29. The molecule has 0 aliphatic carbocycles. The van der Waals surface area contributed by atoms with Crippen molar-refractivity contribution in [1.29, 1.82) is 0 Å². The van der Waals surface area contributed by atoms with Gasteiger partial charge >= 0.3 is 0 Å². The van der Waals surface area contributed by atoms with Crippen LogP contribution in [0.2, 0.25) is 0 Å². The van der Waals surface area contributed by atoms with Crippen LogP contribution in [0.4, 0.5) is 0 Å². The Hall–Kier alpha value is -1.40. The van der Waals surface area contributed by atoms with Gasteiger partial charge in [0, 0.05) is 36.2 Å². The van der Waals surface area contributed by atoms with Crippen molar-refractivity contribution in [1.82, 2.24) is 10.2 Å². The quantitative estimate of drug-likeness (QED) is 0.849. The van der Waals surface area contributed by atoms with E-state index in [1.54, 1.807) is 4.90 Å². The minimum Gasteiger partial charge on any atom is -0.355 e. The minimum atomic E-state index is -0.142. The molecular formula is C16H22BrN3O2. The molecule has 5 nitrogen and oxygen atoms in total. The first-order chi connectivity index (χ1) is 10.5. The average Bonchev–Trinajstić information content (AvgIpc) is 2.54. The summed E-state index contributed by atoms with van der Waals surface area (Å²) in [5, 5.41) is 2.81. The minimum absolute atomic E-state index is 0.00451. The maximum atomic E-state index is 12.7. The molecule has 2 rings (SSSR count). The summed E-state index contributed by atoms with van der Waals surface area (Å²) in [6.45, 7) is 4.01. The van der Waals surface area contributed by atoms with Crippen molar-refractivity contribution < 1.29 is 9.59 Å².